The number of hydrogen-bond acceptors (Lipinski definition) is 5. The topological polar surface area (TPSA) is 63.8 Å². The van der Waals surface area contributed by atoms with E-state index < -0.39 is 0 Å². The van der Waals surface area contributed by atoms with E-state index in [2.05, 4.69) is 27.4 Å². The fourth-order valence-corrected chi connectivity index (χ4v) is 2.89. The van der Waals surface area contributed by atoms with Crippen LogP contribution in [-0.2, 0) is 0 Å². The molecule has 3 rings (SSSR count). The number of aromatic nitrogens is 3. The summed E-state index contributed by atoms with van der Waals surface area (Å²) in [6.07, 6.45) is 7.54. The molecule has 1 aliphatic carbocycles. The van der Waals surface area contributed by atoms with Gasteiger partial charge in [0.15, 0.2) is 0 Å². The third-order valence-corrected chi connectivity index (χ3v) is 4.10. The molecule has 1 saturated carbocycles. The van der Waals surface area contributed by atoms with E-state index >= 15 is 0 Å². The molecule has 5 heteroatoms. The minimum absolute atomic E-state index is 0.398. The highest BCUT2D eigenvalue weighted by molar-refractivity contribution is 5.47. The van der Waals surface area contributed by atoms with E-state index in [1.54, 1.807) is 6.20 Å². The zero-order chi connectivity index (χ0) is 14.5. The van der Waals surface area contributed by atoms with Gasteiger partial charge in [0.2, 0.25) is 11.7 Å². The summed E-state index contributed by atoms with van der Waals surface area (Å²) in [5.41, 5.74) is 0.769. The van der Waals surface area contributed by atoms with Gasteiger partial charge in [0.25, 0.3) is 0 Å². The molecule has 1 aliphatic rings. The first kappa shape index (κ1) is 14.2. The van der Waals surface area contributed by atoms with Crippen molar-refractivity contribution in [2.24, 2.45) is 0 Å². The molecule has 1 fully saturated rings. The number of nitrogens with zero attached hydrogens (tertiary/aromatic N) is 3. The first-order valence-corrected chi connectivity index (χ1v) is 7.85. The van der Waals surface area contributed by atoms with Gasteiger partial charge in [-0.05, 0) is 50.8 Å². The molecule has 0 bridgehead atoms. The molecule has 0 atom stereocenters. The maximum Gasteiger partial charge on any atom is 0.230 e. The van der Waals surface area contributed by atoms with E-state index in [0.717, 1.165) is 31.0 Å². The van der Waals surface area contributed by atoms with Gasteiger partial charge in [0.1, 0.15) is 5.69 Å². The van der Waals surface area contributed by atoms with Gasteiger partial charge in [0.05, 0.1) is 0 Å². The standard InChI is InChI=1S/C16H22N4O/c1-2-10-17-13-8-6-12(7-9-13)16-19-15(20-21-16)14-5-3-4-11-18-14/h3-5,11-13,17H,2,6-10H2,1H3. The van der Waals surface area contributed by atoms with Crippen LogP contribution in [-0.4, -0.2) is 27.7 Å². The number of rotatable bonds is 5. The Hall–Kier alpha value is -1.75. The van der Waals surface area contributed by atoms with Crippen LogP contribution in [0.1, 0.15) is 50.8 Å². The van der Waals surface area contributed by atoms with Crippen LogP contribution < -0.4 is 5.32 Å². The molecule has 112 valence electrons. The van der Waals surface area contributed by atoms with Gasteiger partial charge in [-0.25, -0.2) is 0 Å². The number of nitrogens with one attached hydrogen (secondary N) is 1. The lowest BCUT2D eigenvalue weighted by molar-refractivity contribution is 0.283. The predicted octanol–water partition coefficient (Wildman–Crippen LogP) is 3.16. The maximum atomic E-state index is 5.45. The third kappa shape index (κ3) is 3.47. The lowest BCUT2D eigenvalue weighted by atomic mass is 9.86. The van der Waals surface area contributed by atoms with Crippen LogP contribution in [0.15, 0.2) is 28.9 Å². The lowest BCUT2D eigenvalue weighted by Gasteiger charge is -2.27. The molecule has 1 N–H and O–H groups in total. The molecule has 0 saturated heterocycles. The zero-order valence-electron chi connectivity index (χ0n) is 12.5. The predicted molar refractivity (Wildman–Crippen MR) is 80.8 cm³/mol. The Labute approximate surface area is 125 Å². The van der Waals surface area contributed by atoms with Crippen LogP contribution in [0.25, 0.3) is 11.5 Å². The fourth-order valence-electron chi connectivity index (χ4n) is 2.89. The van der Waals surface area contributed by atoms with E-state index in [1.807, 2.05) is 18.2 Å². The number of pyridine rings is 1. The van der Waals surface area contributed by atoms with Crippen LogP contribution in [0, 0.1) is 0 Å². The first-order valence-electron chi connectivity index (χ1n) is 7.85. The Morgan fingerprint density at radius 1 is 1.24 bits per heavy atom. The molecule has 21 heavy (non-hydrogen) atoms. The highest BCUT2D eigenvalue weighted by Crippen LogP contribution is 2.32. The van der Waals surface area contributed by atoms with E-state index in [4.69, 9.17) is 4.52 Å². The second kappa shape index (κ2) is 6.80. The molecule has 5 nitrogen and oxygen atoms in total. The smallest absolute Gasteiger partial charge is 0.230 e. The fraction of sp³-hybridized carbons (Fsp3) is 0.562. The minimum atomic E-state index is 0.398. The van der Waals surface area contributed by atoms with Gasteiger partial charge < -0.3 is 9.84 Å². The van der Waals surface area contributed by atoms with Gasteiger partial charge >= 0.3 is 0 Å². The van der Waals surface area contributed by atoms with Gasteiger partial charge in [-0.1, -0.05) is 18.1 Å². The largest absolute Gasteiger partial charge is 0.339 e. The van der Waals surface area contributed by atoms with Crippen molar-refractivity contribution in [2.45, 2.75) is 51.0 Å². The van der Waals surface area contributed by atoms with Gasteiger partial charge in [0, 0.05) is 18.2 Å². The molecular formula is C16H22N4O. The monoisotopic (exact) mass is 286 g/mol. The molecule has 2 aromatic heterocycles. The molecule has 0 aromatic carbocycles. The SMILES string of the molecule is CCCNC1CCC(c2nc(-c3ccccn3)no2)CC1. The summed E-state index contributed by atoms with van der Waals surface area (Å²) in [6, 6.07) is 6.37. The molecule has 0 amide bonds. The second-order valence-corrected chi connectivity index (χ2v) is 5.67. The molecule has 0 radical (unpaired) electrons. The van der Waals surface area contributed by atoms with Gasteiger partial charge in [-0.3, -0.25) is 4.98 Å². The third-order valence-electron chi connectivity index (χ3n) is 4.10. The van der Waals surface area contributed by atoms with Crippen LogP contribution >= 0.6 is 0 Å². The average molecular weight is 286 g/mol. The Kier molecular flexibility index (Phi) is 4.60. The molecule has 0 spiro atoms. The lowest BCUT2D eigenvalue weighted by Crippen LogP contribution is -2.33. The van der Waals surface area contributed by atoms with Crippen molar-refractivity contribution in [1.29, 1.82) is 0 Å². The zero-order valence-corrected chi connectivity index (χ0v) is 12.5. The minimum Gasteiger partial charge on any atom is -0.339 e. The average Bonchev–Trinajstić information content (AvgIpc) is 3.04. The molecule has 0 aliphatic heterocycles. The van der Waals surface area contributed by atoms with Crippen molar-refractivity contribution in [3.63, 3.8) is 0 Å². The van der Waals surface area contributed by atoms with Gasteiger partial charge in [-0.2, -0.15) is 4.98 Å². The van der Waals surface area contributed by atoms with Crippen LogP contribution in [0.5, 0.6) is 0 Å². The highest BCUT2D eigenvalue weighted by Gasteiger charge is 2.26. The van der Waals surface area contributed by atoms with E-state index in [1.165, 1.54) is 19.3 Å². The Balaban J connectivity index is 1.60. The van der Waals surface area contributed by atoms with E-state index in [-0.39, 0.29) is 0 Å². The van der Waals surface area contributed by atoms with E-state index in [9.17, 15) is 0 Å². The van der Waals surface area contributed by atoms with Crippen molar-refractivity contribution >= 4 is 0 Å². The van der Waals surface area contributed by atoms with Crippen molar-refractivity contribution in [3.8, 4) is 11.5 Å². The highest BCUT2D eigenvalue weighted by atomic mass is 16.5. The van der Waals surface area contributed by atoms with Crippen molar-refractivity contribution in [3.05, 3.63) is 30.3 Å². The summed E-state index contributed by atoms with van der Waals surface area (Å²) in [5, 5.41) is 7.66. The van der Waals surface area contributed by atoms with Crippen molar-refractivity contribution < 1.29 is 4.52 Å². The summed E-state index contributed by atoms with van der Waals surface area (Å²) >= 11 is 0. The second-order valence-electron chi connectivity index (χ2n) is 5.67. The summed E-state index contributed by atoms with van der Waals surface area (Å²) in [7, 11) is 0. The number of hydrogen-bond donors (Lipinski definition) is 1. The maximum absolute atomic E-state index is 5.45. The molecule has 2 aromatic rings. The van der Waals surface area contributed by atoms with Crippen LogP contribution in [0.2, 0.25) is 0 Å². The Morgan fingerprint density at radius 2 is 2.10 bits per heavy atom. The quantitative estimate of drug-likeness (QED) is 0.914. The summed E-state index contributed by atoms with van der Waals surface area (Å²) in [6.45, 7) is 3.32. The Bertz CT molecular complexity index is 546. The molecule has 0 unspecified atom stereocenters. The summed E-state index contributed by atoms with van der Waals surface area (Å²) in [4.78, 5) is 8.79. The van der Waals surface area contributed by atoms with Crippen molar-refractivity contribution in [1.82, 2.24) is 20.4 Å². The van der Waals surface area contributed by atoms with Crippen molar-refractivity contribution in [2.75, 3.05) is 6.54 Å². The molecular weight excluding hydrogens is 264 g/mol. The Morgan fingerprint density at radius 3 is 2.81 bits per heavy atom. The van der Waals surface area contributed by atoms with Gasteiger partial charge in [-0.15, -0.1) is 0 Å². The molecule has 2 heterocycles. The summed E-state index contributed by atoms with van der Waals surface area (Å²) < 4.78 is 5.45. The van der Waals surface area contributed by atoms with Crippen LogP contribution in [0.3, 0.4) is 0 Å². The normalized spacial score (nSPS) is 22.3. The van der Waals surface area contributed by atoms with Crippen LogP contribution in [0.4, 0.5) is 0 Å². The van der Waals surface area contributed by atoms with E-state index in [0.29, 0.717) is 17.8 Å². The first-order chi connectivity index (χ1) is 10.4. The summed E-state index contributed by atoms with van der Waals surface area (Å²) in [5.74, 6) is 1.76.